The van der Waals surface area contributed by atoms with E-state index in [0.717, 1.165) is 25.8 Å². The minimum Gasteiger partial charge on any atom is -0.335 e. The van der Waals surface area contributed by atoms with Crippen molar-refractivity contribution in [3.05, 3.63) is 44.3 Å². The van der Waals surface area contributed by atoms with Gasteiger partial charge in [0, 0.05) is 22.7 Å². The van der Waals surface area contributed by atoms with Crippen LogP contribution in [0.4, 0.5) is 0 Å². The second kappa shape index (κ2) is 6.10. The maximum absolute atomic E-state index is 12.5. The SMILES string of the molecule is CCC1c2ccsc2CCN1C(=O)CCc1cccs1. The molecule has 3 heterocycles. The number of fused-ring (bicyclic) bond motifs is 1. The fraction of sp³-hybridized carbons (Fsp3) is 0.438. The van der Waals surface area contributed by atoms with Crippen LogP contribution in [0.15, 0.2) is 29.0 Å². The minimum atomic E-state index is 0.292. The van der Waals surface area contributed by atoms with Gasteiger partial charge in [-0.05, 0) is 47.7 Å². The van der Waals surface area contributed by atoms with E-state index in [1.54, 1.807) is 11.3 Å². The predicted molar refractivity (Wildman–Crippen MR) is 85.4 cm³/mol. The van der Waals surface area contributed by atoms with Gasteiger partial charge in [0.05, 0.1) is 6.04 Å². The van der Waals surface area contributed by atoms with E-state index < -0.39 is 0 Å². The Bertz CT molecular complexity index is 573. The number of hydrogen-bond donors (Lipinski definition) is 0. The van der Waals surface area contributed by atoms with E-state index in [-0.39, 0.29) is 0 Å². The minimum absolute atomic E-state index is 0.292. The Hall–Kier alpha value is -1.13. The van der Waals surface area contributed by atoms with E-state index in [9.17, 15) is 4.79 Å². The molecule has 2 aromatic heterocycles. The Labute approximate surface area is 128 Å². The molecule has 106 valence electrons. The first-order valence-corrected chi connectivity index (χ1v) is 8.93. The molecule has 0 N–H and O–H groups in total. The Morgan fingerprint density at radius 3 is 3.00 bits per heavy atom. The van der Waals surface area contributed by atoms with Crippen LogP contribution in [0.5, 0.6) is 0 Å². The van der Waals surface area contributed by atoms with Gasteiger partial charge in [-0.1, -0.05) is 13.0 Å². The van der Waals surface area contributed by atoms with Crippen molar-refractivity contribution in [2.45, 2.75) is 38.6 Å². The second-order valence-electron chi connectivity index (χ2n) is 5.14. The Morgan fingerprint density at radius 1 is 1.35 bits per heavy atom. The monoisotopic (exact) mass is 305 g/mol. The topological polar surface area (TPSA) is 20.3 Å². The molecule has 0 bridgehead atoms. The quantitative estimate of drug-likeness (QED) is 0.825. The molecule has 0 fully saturated rings. The highest BCUT2D eigenvalue weighted by molar-refractivity contribution is 7.10. The third-order valence-corrected chi connectivity index (χ3v) is 5.90. The molecule has 2 nitrogen and oxygen atoms in total. The summed E-state index contributed by atoms with van der Waals surface area (Å²) in [4.78, 5) is 17.4. The van der Waals surface area contributed by atoms with E-state index in [4.69, 9.17) is 0 Å². The van der Waals surface area contributed by atoms with Gasteiger partial charge in [-0.3, -0.25) is 4.79 Å². The number of nitrogens with zero attached hydrogens (tertiary/aromatic N) is 1. The highest BCUT2D eigenvalue weighted by Crippen LogP contribution is 2.35. The largest absolute Gasteiger partial charge is 0.335 e. The molecule has 0 aromatic carbocycles. The molecule has 1 aliphatic rings. The molecule has 0 saturated heterocycles. The molecule has 0 spiro atoms. The Balaban J connectivity index is 1.68. The maximum Gasteiger partial charge on any atom is 0.223 e. The lowest BCUT2D eigenvalue weighted by Crippen LogP contribution is -2.39. The molecule has 1 atom stereocenters. The third kappa shape index (κ3) is 2.67. The molecular weight excluding hydrogens is 286 g/mol. The normalized spacial score (nSPS) is 18.1. The second-order valence-corrected chi connectivity index (χ2v) is 7.17. The molecule has 3 rings (SSSR count). The van der Waals surface area contributed by atoms with Crippen LogP contribution in [0.1, 0.15) is 41.1 Å². The Kier molecular flexibility index (Phi) is 4.22. The Morgan fingerprint density at radius 2 is 2.25 bits per heavy atom. The van der Waals surface area contributed by atoms with E-state index in [1.807, 2.05) is 11.3 Å². The highest BCUT2D eigenvalue weighted by atomic mass is 32.1. The van der Waals surface area contributed by atoms with Crippen LogP contribution in [-0.2, 0) is 17.6 Å². The van der Waals surface area contributed by atoms with Crippen LogP contribution in [0.25, 0.3) is 0 Å². The van der Waals surface area contributed by atoms with Crippen molar-refractivity contribution in [1.82, 2.24) is 4.90 Å². The first-order valence-electron chi connectivity index (χ1n) is 7.17. The molecular formula is C16H19NOS2. The summed E-state index contributed by atoms with van der Waals surface area (Å²) in [6.45, 7) is 3.06. The lowest BCUT2D eigenvalue weighted by Gasteiger charge is -2.35. The molecule has 1 aliphatic heterocycles. The summed E-state index contributed by atoms with van der Waals surface area (Å²) < 4.78 is 0. The average Bonchev–Trinajstić information content (AvgIpc) is 3.14. The third-order valence-electron chi connectivity index (χ3n) is 3.97. The molecule has 20 heavy (non-hydrogen) atoms. The zero-order chi connectivity index (χ0) is 13.9. The van der Waals surface area contributed by atoms with Crippen molar-refractivity contribution >= 4 is 28.6 Å². The van der Waals surface area contributed by atoms with Gasteiger partial charge in [0.2, 0.25) is 5.91 Å². The van der Waals surface area contributed by atoms with Crippen molar-refractivity contribution in [2.75, 3.05) is 6.54 Å². The summed E-state index contributed by atoms with van der Waals surface area (Å²) in [5.41, 5.74) is 1.38. The number of carbonyl (C=O) groups excluding carboxylic acids is 1. The van der Waals surface area contributed by atoms with Gasteiger partial charge in [-0.15, -0.1) is 22.7 Å². The van der Waals surface area contributed by atoms with Crippen molar-refractivity contribution in [2.24, 2.45) is 0 Å². The van der Waals surface area contributed by atoms with Crippen molar-refractivity contribution in [3.63, 3.8) is 0 Å². The van der Waals surface area contributed by atoms with Crippen LogP contribution in [0.3, 0.4) is 0 Å². The van der Waals surface area contributed by atoms with Gasteiger partial charge in [0.15, 0.2) is 0 Å². The highest BCUT2D eigenvalue weighted by Gasteiger charge is 2.29. The number of hydrogen-bond acceptors (Lipinski definition) is 3. The van der Waals surface area contributed by atoms with Crippen LogP contribution in [0, 0.1) is 0 Å². The van der Waals surface area contributed by atoms with Crippen molar-refractivity contribution < 1.29 is 4.79 Å². The van der Waals surface area contributed by atoms with E-state index >= 15 is 0 Å². The maximum atomic E-state index is 12.5. The fourth-order valence-corrected chi connectivity index (χ4v) is 4.60. The molecule has 0 aliphatic carbocycles. The summed E-state index contributed by atoms with van der Waals surface area (Å²) in [5, 5.41) is 4.24. The first-order chi connectivity index (χ1) is 9.79. The molecule has 4 heteroatoms. The lowest BCUT2D eigenvalue weighted by atomic mass is 9.97. The van der Waals surface area contributed by atoms with Gasteiger partial charge in [-0.25, -0.2) is 0 Å². The van der Waals surface area contributed by atoms with Gasteiger partial charge in [0.1, 0.15) is 0 Å². The smallest absolute Gasteiger partial charge is 0.223 e. The number of thiophene rings is 2. The van der Waals surface area contributed by atoms with Crippen LogP contribution < -0.4 is 0 Å². The van der Waals surface area contributed by atoms with E-state index in [1.165, 1.54) is 15.3 Å². The summed E-state index contributed by atoms with van der Waals surface area (Å²) in [6.07, 6.45) is 3.54. The number of amides is 1. The molecule has 1 amide bonds. The van der Waals surface area contributed by atoms with Crippen LogP contribution >= 0.6 is 22.7 Å². The lowest BCUT2D eigenvalue weighted by molar-refractivity contribution is -0.134. The molecule has 1 unspecified atom stereocenters. The summed E-state index contributed by atoms with van der Waals surface area (Å²) >= 11 is 3.57. The van der Waals surface area contributed by atoms with Gasteiger partial charge in [-0.2, -0.15) is 0 Å². The molecule has 0 saturated carbocycles. The van der Waals surface area contributed by atoms with E-state index in [2.05, 4.69) is 40.8 Å². The van der Waals surface area contributed by atoms with Crippen molar-refractivity contribution in [1.29, 1.82) is 0 Å². The summed E-state index contributed by atoms with van der Waals surface area (Å²) in [6, 6.07) is 6.66. The number of rotatable bonds is 4. The first kappa shape index (κ1) is 13.8. The van der Waals surface area contributed by atoms with Gasteiger partial charge in [0.25, 0.3) is 0 Å². The fourth-order valence-electron chi connectivity index (χ4n) is 2.96. The number of aryl methyl sites for hydroxylation is 1. The van der Waals surface area contributed by atoms with E-state index in [0.29, 0.717) is 18.4 Å². The summed E-state index contributed by atoms with van der Waals surface area (Å²) in [7, 11) is 0. The standard InChI is InChI=1S/C16H19NOS2/c1-2-14-13-8-11-20-15(13)7-9-17(14)16(18)6-5-12-4-3-10-19-12/h3-4,8,10-11,14H,2,5-7,9H2,1H3. The number of carbonyl (C=O) groups is 1. The molecule has 2 aromatic rings. The van der Waals surface area contributed by atoms with Crippen LogP contribution in [-0.4, -0.2) is 17.4 Å². The molecule has 0 radical (unpaired) electrons. The van der Waals surface area contributed by atoms with Crippen LogP contribution in [0.2, 0.25) is 0 Å². The zero-order valence-electron chi connectivity index (χ0n) is 11.7. The van der Waals surface area contributed by atoms with Gasteiger partial charge < -0.3 is 4.90 Å². The average molecular weight is 305 g/mol. The van der Waals surface area contributed by atoms with Gasteiger partial charge >= 0.3 is 0 Å². The summed E-state index contributed by atoms with van der Waals surface area (Å²) in [5.74, 6) is 0.308. The predicted octanol–water partition coefficient (Wildman–Crippen LogP) is 4.28. The zero-order valence-corrected chi connectivity index (χ0v) is 13.3. The van der Waals surface area contributed by atoms with Crippen molar-refractivity contribution in [3.8, 4) is 0 Å².